The molecule has 0 bridgehead atoms. The molecule has 0 aliphatic carbocycles. The Kier molecular flexibility index (Phi) is 4.99. The molecule has 1 aromatic carbocycles. The second-order valence-electron chi connectivity index (χ2n) is 5.02. The van der Waals surface area contributed by atoms with Gasteiger partial charge in [0, 0.05) is 24.8 Å². The molecule has 2 aromatic rings. The summed E-state index contributed by atoms with van der Waals surface area (Å²) in [5, 5.41) is 3.99. The molecule has 0 unspecified atom stereocenters. The summed E-state index contributed by atoms with van der Waals surface area (Å²) in [4.78, 5) is 4.22. The molecule has 3 nitrogen and oxygen atoms in total. The maximum atomic E-state index is 6.16. The van der Waals surface area contributed by atoms with Gasteiger partial charge in [0.2, 0.25) is 5.88 Å². The summed E-state index contributed by atoms with van der Waals surface area (Å²) in [7, 11) is 0. The normalized spacial score (nSPS) is 10.8. The van der Waals surface area contributed by atoms with Crippen molar-refractivity contribution in [2.45, 2.75) is 33.4 Å². The quantitative estimate of drug-likeness (QED) is 0.890. The third-order valence-electron chi connectivity index (χ3n) is 2.92. The minimum atomic E-state index is 0.403. The van der Waals surface area contributed by atoms with Crippen molar-refractivity contribution in [2.24, 2.45) is 0 Å². The van der Waals surface area contributed by atoms with E-state index in [0.717, 1.165) is 16.9 Å². The van der Waals surface area contributed by atoms with E-state index in [9.17, 15) is 0 Å². The fourth-order valence-corrected chi connectivity index (χ4v) is 1.92. The molecule has 0 spiro atoms. The van der Waals surface area contributed by atoms with Gasteiger partial charge in [-0.2, -0.15) is 0 Å². The van der Waals surface area contributed by atoms with E-state index in [0.29, 0.717) is 23.5 Å². The van der Waals surface area contributed by atoms with Crippen LogP contribution in [0.1, 0.15) is 25.0 Å². The van der Waals surface area contributed by atoms with E-state index < -0.39 is 0 Å². The Hall–Kier alpha value is -1.58. The van der Waals surface area contributed by atoms with Gasteiger partial charge in [-0.15, -0.1) is 0 Å². The molecule has 0 saturated heterocycles. The second kappa shape index (κ2) is 6.73. The predicted molar refractivity (Wildman–Crippen MR) is 82.5 cm³/mol. The Morgan fingerprint density at radius 2 is 2.05 bits per heavy atom. The van der Waals surface area contributed by atoms with Gasteiger partial charge in [0.25, 0.3) is 0 Å². The Labute approximate surface area is 124 Å². The molecule has 0 atom stereocenters. The van der Waals surface area contributed by atoms with Gasteiger partial charge in [-0.05, 0) is 24.1 Å². The van der Waals surface area contributed by atoms with Crippen LogP contribution < -0.4 is 10.1 Å². The maximum absolute atomic E-state index is 6.16. The van der Waals surface area contributed by atoms with E-state index in [4.69, 9.17) is 16.3 Å². The Morgan fingerprint density at radius 1 is 1.30 bits per heavy atom. The molecular weight excluding hydrogens is 272 g/mol. The SMILES string of the molecule is Cc1ccccc1Oc1cc(CNC(C)C)c(Cl)cn1. The number of aromatic nitrogens is 1. The first-order valence-electron chi connectivity index (χ1n) is 6.67. The van der Waals surface area contributed by atoms with Crippen LogP contribution >= 0.6 is 11.6 Å². The lowest BCUT2D eigenvalue weighted by Crippen LogP contribution is -2.22. The van der Waals surface area contributed by atoms with Gasteiger partial charge >= 0.3 is 0 Å². The van der Waals surface area contributed by atoms with Crippen LogP contribution in [-0.2, 0) is 6.54 Å². The smallest absolute Gasteiger partial charge is 0.219 e. The van der Waals surface area contributed by atoms with Crippen molar-refractivity contribution >= 4 is 11.6 Å². The van der Waals surface area contributed by atoms with Gasteiger partial charge in [0.1, 0.15) is 5.75 Å². The predicted octanol–water partition coefficient (Wildman–Crippen LogP) is 4.33. The Morgan fingerprint density at radius 3 is 2.75 bits per heavy atom. The van der Waals surface area contributed by atoms with E-state index in [1.165, 1.54) is 0 Å². The Balaban J connectivity index is 2.17. The van der Waals surface area contributed by atoms with Gasteiger partial charge in [-0.25, -0.2) is 4.98 Å². The standard InChI is InChI=1S/C16H19ClN2O/c1-11(2)18-9-13-8-16(19-10-14(13)17)20-15-7-5-4-6-12(15)3/h4-8,10-11,18H,9H2,1-3H3. The summed E-state index contributed by atoms with van der Waals surface area (Å²) in [6.45, 7) is 6.90. The number of pyridine rings is 1. The third kappa shape index (κ3) is 3.95. The molecule has 0 radical (unpaired) electrons. The lowest BCUT2D eigenvalue weighted by Gasteiger charge is -2.12. The first-order valence-corrected chi connectivity index (χ1v) is 7.05. The van der Waals surface area contributed by atoms with Crippen molar-refractivity contribution < 1.29 is 4.74 Å². The van der Waals surface area contributed by atoms with Crippen molar-refractivity contribution in [3.8, 4) is 11.6 Å². The lowest BCUT2D eigenvalue weighted by atomic mass is 10.2. The van der Waals surface area contributed by atoms with Gasteiger partial charge in [0.05, 0.1) is 5.02 Å². The highest BCUT2D eigenvalue weighted by molar-refractivity contribution is 6.31. The van der Waals surface area contributed by atoms with Crippen LogP contribution in [0.25, 0.3) is 0 Å². The molecule has 4 heteroatoms. The lowest BCUT2D eigenvalue weighted by molar-refractivity contribution is 0.458. The molecule has 0 aliphatic heterocycles. The number of hydrogen-bond acceptors (Lipinski definition) is 3. The van der Waals surface area contributed by atoms with Crippen LogP contribution in [0.15, 0.2) is 36.5 Å². The summed E-state index contributed by atoms with van der Waals surface area (Å²) in [6.07, 6.45) is 1.63. The number of hydrogen-bond donors (Lipinski definition) is 1. The number of ether oxygens (including phenoxy) is 1. The Bertz CT molecular complexity index is 584. The van der Waals surface area contributed by atoms with E-state index >= 15 is 0 Å². The number of para-hydroxylation sites is 1. The first-order chi connectivity index (χ1) is 9.56. The average Bonchev–Trinajstić information content (AvgIpc) is 2.42. The molecule has 1 aromatic heterocycles. The van der Waals surface area contributed by atoms with Crippen LogP contribution in [0.4, 0.5) is 0 Å². The molecule has 0 fully saturated rings. The molecule has 106 valence electrons. The fraction of sp³-hybridized carbons (Fsp3) is 0.312. The molecular formula is C16H19ClN2O. The molecule has 0 saturated carbocycles. The molecule has 2 rings (SSSR count). The van der Waals surface area contributed by atoms with Gasteiger partial charge in [0.15, 0.2) is 0 Å². The van der Waals surface area contributed by atoms with Gasteiger partial charge < -0.3 is 10.1 Å². The zero-order valence-corrected chi connectivity index (χ0v) is 12.7. The monoisotopic (exact) mass is 290 g/mol. The highest BCUT2D eigenvalue weighted by atomic mass is 35.5. The number of rotatable bonds is 5. The summed E-state index contributed by atoms with van der Waals surface area (Å²) >= 11 is 6.16. The van der Waals surface area contributed by atoms with Crippen LogP contribution in [-0.4, -0.2) is 11.0 Å². The summed E-state index contributed by atoms with van der Waals surface area (Å²) in [5.74, 6) is 1.37. The van der Waals surface area contributed by atoms with Crippen molar-refractivity contribution in [2.75, 3.05) is 0 Å². The number of benzene rings is 1. The second-order valence-corrected chi connectivity index (χ2v) is 5.42. The molecule has 0 amide bonds. The topological polar surface area (TPSA) is 34.1 Å². The highest BCUT2D eigenvalue weighted by Crippen LogP contribution is 2.26. The van der Waals surface area contributed by atoms with Gasteiger partial charge in [-0.3, -0.25) is 0 Å². The van der Waals surface area contributed by atoms with Crippen LogP contribution in [0.2, 0.25) is 5.02 Å². The molecule has 20 heavy (non-hydrogen) atoms. The number of halogens is 1. The van der Waals surface area contributed by atoms with Crippen LogP contribution in [0.3, 0.4) is 0 Å². The first kappa shape index (κ1) is 14.8. The van der Waals surface area contributed by atoms with Gasteiger partial charge in [-0.1, -0.05) is 43.6 Å². The minimum Gasteiger partial charge on any atom is -0.439 e. The highest BCUT2D eigenvalue weighted by Gasteiger charge is 2.07. The molecule has 1 heterocycles. The largest absolute Gasteiger partial charge is 0.439 e. The zero-order valence-electron chi connectivity index (χ0n) is 12.0. The van der Waals surface area contributed by atoms with Crippen molar-refractivity contribution in [3.05, 3.63) is 52.7 Å². The number of nitrogens with one attached hydrogen (secondary N) is 1. The van der Waals surface area contributed by atoms with E-state index in [1.807, 2.05) is 37.3 Å². The van der Waals surface area contributed by atoms with E-state index in [2.05, 4.69) is 24.1 Å². The summed E-state index contributed by atoms with van der Waals surface area (Å²) in [5.41, 5.74) is 2.06. The third-order valence-corrected chi connectivity index (χ3v) is 3.26. The summed E-state index contributed by atoms with van der Waals surface area (Å²) < 4.78 is 5.81. The minimum absolute atomic E-state index is 0.403. The van der Waals surface area contributed by atoms with Crippen molar-refractivity contribution in [1.82, 2.24) is 10.3 Å². The van der Waals surface area contributed by atoms with E-state index in [-0.39, 0.29) is 0 Å². The van der Waals surface area contributed by atoms with Crippen molar-refractivity contribution in [3.63, 3.8) is 0 Å². The van der Waals surface area contributed by atoms with Crippen LogP contribution in [0.5, 0.6) is 11.6 Å². The number of aryl methyl sites for hydroxylation is 1. The summed E-state index contributed by atoms with van der Waals surface area (Å²) in [6, 6.07) is 10.1. The van der Waals surface area contributed by atoms with E-state index in [1.54, 1.807) is 6.20 Å². The van der Waals surface area contributed by atoms with Crippen molar-refractivity contribution in [1.29, 1.82) is 0 Å². The molecule has 0 aliphatic rings. The molecule has 1 N–H and O–H groups in total. The van der Waals surface area contributed by atoms with Crippen LogP contribution in [0, 0.1) is 6.92 Å². The fourth-order valence-electron chi connectivity index (χ4n) is 1.75. The number of nitrogens with zero attached hydrogens (tertiary/aromatic N) is 1. The average molecular weight is 291 g/mol. The maximum Gasteiger partial charge on any atom is 0.219 e. The zero-order chi connectivity index (χ0) is 14.5.